The van der Waals surface area contributed by atoms with Crippen LogP contribution in [0, 0.1) is 5.92 Å². The molecule has 0 aromatic carbocycles. The molecule has 0 atom stereocenters. The molecular weight excluding hydrogens is 322 g/mol. The molecule has 2 aromatic rings. The molecule has 0 bridgehead atoms. The first-order chi connectivity index (χ1) is 12.3. The Kier molecular flexibility index (Phi) is 5.65. The van der Waals surface area contributed by atoms with Gasteiger partial charge in [0.05, 0.1) is 6.26 Å². The number of rotatable bonds is 8. The van der Waals surface area contributed by atoms with Gasteiger partial charge in [-0.1, -0.05) is 0 Å². The molecule has 3 rings (SSSR count). The molecule has 2 aromatic heterocycles. The average Bonchev–Trinajstić information content (AvgIpc) is 3.12. The van der Waals surface area contributed by atoms with Crippen molar-refractivity contribution in [2.45, 2.75) is 26.3 Å². The molecule has 1 aliphatic rings. The number of aliphatic imine (C=N–C) groups is 1. The van der Waals surface area contributed by atoms with Gasteiger partial charge in [0.1, 0.15) is 12.4 Å². The zero-order valence-electron chi connectivity index (χ0n) is 14.2. The van der Waals surface area contributed by atoms with Crippen LogP contribution in [0.4, 0.5) is 0 Å². The summed E-state index contributed by atoms with van der Waals surface area (Å²) in [6, 6.07) is 3.59. The summed E-state index contributed by atoms with van der Waals surface area (Å²) in [6.45, 7) is 4.28. The van der Waals surface area contributed by atoms with Gasteiger partial charge in [-0.25, -0.2) is 9.98 Å². The van der Waals surface area contributed by atoms with E-state index in [1.807, 2.05) is 6.92 Å². The third kappa shape index (κ3) is 5.07. The van der Waals surface area contributed by atoms with Crippen molar-refractivity contribution in [3.05, 3.63) is 24.2 Å². The lowest BCUT2D eigenvalue weighted by Gasteiger charge is -2.11. The predicted molar refractivity (Wildman–Crippen MR) is 92.6 cm³/mol. The minimum absolute atomic E-state index is 0.149. The van der Waals surface area contributed by atoms with Gasteiger partial charge >= 0.3 is 0 Å². The standard InChI is InChI=1S/C16H23N7O2/c1-2-17-16(19-8-7-18-15(24)11-5-6-11)20-10-13-21-14(23-22-13)12-4-3-9-25-12/h3-4,9,11H,2,5-8,10H2,1H3,(H,18,24)(H2,17,19,20)(H,21,22,23). The van der Waals surface area contributed by atoms with Gasteiger partial charge in [-0.2, -0.15) is 0 Å². The number of aromatic nitrogens is 3. The predicted octanol–water partition coefficient (Wildman–Crippen LogP) is 0.646. The second kappa shape index (κ2) is 8.32. The number of hydrogen-bond donors (Lipinski definition) is 4. The van der Waals surface area contributed by atoms with Crippen LogP contribution < -0.4 is 16.0 Å². The Hall–Kier alpha value is -2.84. The zero-order chi connectivity index (χ0) is 17.5. The molecule has 0 saturated heterocycles. The van der Waals surface area contributed by atoms with Crippen molar-refractivity contribution in [3.63, 3.8) is 0 Å². The summed E-state index contributed by atoms with van der Waals surface area (Å²) in [6.07, 6.45) is 3.61. The number of aromatic amines is 1. The molecule has 0 aliphatic heterocycles. The molecule has 1 aliphatic carbocycles. The van der Waals surface area contributed by atoms with E-state index in [4.69, 9.17) is 4.42 Å². The minimum Gasteiger partial charge on any atom is -0.461 e. The summed E-state index contributed by atoms with van der Waals surface area (Å²) in [4.78, 5) is 20.4. The maximum Gasteiger partial charge on any atom is 0.223 e. The molecule has 9 heteroatoms. The summed E-state index contributed by atoms with van der Waals surface area (Å²) in [5, 5.41) is 16.2. The minimum atomic E-state index is 0.149. The first-order valence-corrected chi connectivity index (χ1v) is 8.51. The van der Waals surface area contributed by atoms with E-state index >= 15 is 0 Å². The number of amides is 1. The quantitative estimate of drug-likeness (QED) is 0.317. The first kappa shape index (κ1) is 17.0. The molecule has 0 radical (unpaired) electrons. The molecule has 4 N–H and O–H groups in total. The molecule has 1 amide bonds. The number of nitrogens with one attached hydrogen (secondary N) is 4. The van der Waals surface area contributed by atoms with Gasteiger partial charge in [0.25, 0.3) is 0 Å². The Morgan fingerprint density at radius 3 is 2.92 bits per heavy atom. The van der Waals surface area contributed by atoms with Crippen LogP contribution in [-0.2, 0) is 11.3 Å². The Morgan fingerprint density at radius 1 is 1.36 bits per heavy atom. The fourth-order valence-electron chi connectivity index (χ4n) is 2.23. The van der Waals surface area contributed by atoms with Crippen LogP contribution in [-0.4, -0.2) is 46.7 Å². The van der Waals surface area contributed by atoms with E-state index in [9.17, 15) is 4.79 Å². The second-order valence-corrected chi connectivity index (χ2v) is 5.77. The highest BCUT2D eigenvalue weighted by atomic mass is 16.3. The van der Waals surface area contributed by atoms with E-state index in [-0.39, 0.29) is 11.8 Å². The molecule has 0 unspecified atom stereocenters. The largest absolute Gasteiger partial charge is 0.461 e. The van der Waals surface area contributed by atoms with Gasteiger partial charge in [0.15, 0.2) is 11.7 Å². The SMILES string of the molecule is CCNC(=NCc1nc(-c2ccco2)n[nH]1)NCCNC(=O)C1CC1. The zero-order valence-corrected chi connectivity index (χ0v) is 14.2. The van der Waals surface area contributed by atoms with E-state index in [0.29, 0.717) is 43.0 Å². The fraction of sp³-hybridized carbons (Fsp3) is 0.500. The molecule has 25 heavy (non-hydrogen) atoms. The van der Waals surface area contributed by atoms with Gasteiger partial charge in [-0.05, 0) is 31.9 Å². The average molecular weight is 345 g/mol. The van der Waals surface area contributed by atoms with E-state index in [1.165, 1.54) is 0 Å². The van der Waals surface area contributed by atoms with Crippen LogP contribution in [0.5, 0.6) is 0 Å². The highest BCUT2D eigenvalue weighted by Gasteiger charge is 2.28. The summed E-state index contributed by atoms with van der Waals surface area (Å²) in [5.41, 5.74) is 0. The summed E-state index contributed by atoms with van der Waals surface area (Å²) >= 11 is 0. The Bertz CT molecular complexity index is 704. The lowest BCUT2D eigenvalue weighted by molar-refractivity contribution is -0.122. The van der Waals surface area contributed by atoms with Crippen molar-refractivity contribution in [3.8, 4) is 11.6 Å². The van der Waals surface area contributed by atoms with E-state index in [1.54, 1.807) is 18.4 Å². The van der Waals surface area contributed by atoms with Crippen molar-refractivity contribution >= 4 is 11.9 Å². The molecule has 1 fully saturated rings. The van der Waals surface area contributed by atoms with Gasteiger partial charge in [-0.15, -0.1) is 5.10 Å². The van der Waals surface area contributed by atoms with Gasteiger partial charge in [0, 0.05) is 25.6 Å². The smallest absolute Gasteiger partial charge is 0.223 e. The Balaban J connectivity index is 1.46. The van der Waals surface area contributed by atoms with Crippen molar-refractivity contribution < 1.29 is 9.21 Å². The highest BCUT2D eigenvalue weighted by Crippen LogP contribution is 2.28. The lowest BCUT2D eigenvalue weighted by atomic mass is 10.4. The van der Waals surface area contributed by atoms with Crippen LogP contribution in [0.1, 0.15) is 25.6 Å². The van der Waals surface area contributed by atoms with Crippen LogP contribution in [0.3, 0.4) is 0 Å². The van der Waals surface area contributed by atoms with Gasteiger partial charge in [-0.3, -0.25) is 9.89 Å². The maximum atomic E-state index is 11.6. The van der Waals surface area contributed by atoms with E-state index < -0.39 is 0 Å². The fourth-order valence-corrected chi connectivity index (χ4v) is 2.23. The number of carbonyl (C=O) groups excluding carboxylic acids is 1. The number of hydrogen-bond acceptors (Lipinski definition) is 5. The third-order valence-electron chi connectivity index (χ3n) is 3.67. The lowest BCUT2D eigenvalue weighted by Crippen LogP contribution is -2.41. The topological polar surface area (TPSA) is 120 Å². The van der Waals surface area contributed by atoms with Gasteiger partial charge < -0.3 is 20.4 Å². The van der Waals surface area contributed by atoms with Crippen molar-refractivity contribution in [1.82, 2.24) is 31.1 Å². The Labute approximate surface area is 145 Å². The van der Waals surface area contributed by atoms with E-state index in [0.717, 1.165) is 19.4 Å². The molecule has 0 spiro atoms. The summed E-state index contributed by atoms with van der Waals surface area (Å²) in [5.74, 6) is 2.82. The number of H-pyrrole nitrogens is 1. The second-order valence-electron chi connectivity index (χ2n) is 5.77. The molecule has 134 valence electrons. The number of nitrogens with zero attached hydrogens (tertiary/aromatic N) is 3. The number of furan rings is 1. The highest BCUT2D eigenvalue weighted by molar-refractivity contribution is 5.81. The molecule has 1 saturated carbocycles. The van der Waals surface area contributed by atoms with E-state index in [2.05, 4.69) is 36.1 Å². The monoisotopic (exact) mass is 345 g/mol. The van der Waals surface area contributed by atoms with Crippen molar-refractivity contribution in [1.29, 1.82) is 0 Å². The molecule has 2 heterocycles. The third-order valence-corrected chi connectivity index (χ3v) is 3.67. The van der Waals surface area contributed by atoms with Crippen LogP contribution in [0.25, 0.3) is 11.6 Å². The van der Waals surface area contributed by atoms with Crippen LogP contribution in [0.15, 0.2) is 27.8 Å². The van der Waals surface area contributed by atoms with Crippen LogP contribution >= 0.6 is 0 Å². The van der Waals surface area contributed by atoms with Crippen LogP contribution in [0.2, 0.25) is 0 Å². The normalized spacial score (nSPS) is 14.4. The maximum absolute atomic E-state index is 11.6. The molecular formula is C16H23N7O2. The van der Waals surface area contributed by atoms with Gasteiger partial charge in [0.2, 0.25) is 11.7 Å². The first-order valence-electron chi connectivity index (χ1n) is 8.51. The van der Waals surface area contributed by atoms with Crippen molar-refractivity contribution in [2.24, 2.45) is 10.9 Å². The number of carbonyl (C=O) groups is 1. The summed E-state index contributed by atoms with van der Waals surface area (Å²) < 4.78 is 5.26. The molecule has 9 nitrogen and oxygen atoms in total. The number of guanidine groups is 1. The summed E-state index contributed by atoms with van der Waals surface area (Å²) in [7, 11) is 0. The Morgan fingerprint density at radius 2 is 2.20 bits per heavy atom. The van der Waals surface area contributed by atoms with Crippen molar-refractivity contribution in [2.75, 3.05) is 19.6 Å².